The Balaban J connectivity index is 1.79. The number of aliphatic hydroxyl groups is 1. The summed E-state index contributed by atoms with van der Waals surface area (Å²) in [4.78, 5) is 48.8. The van der Waals surface area contributed by atoms with Crippen molar-refractivity contribution in [2.24, 2.45) is 17.8 Å². The quantitative estimate of drug-likeness (QED) is 0.146. The zero-order valence-electron chi connectivity index (χ0n) is 27.9. The predicted octanol–water partition coefficient (Wildman–Crippen LogP) is 5.12. The van der Waals surface area contributed by atoms with Gasteiger partial charge >= 0.3 is 5.97 Å². The second-order valence-corrected chi connectivity index (χ2v) is 13.1. The van der Waals surface area contributed by atoms with E-state index < -0.39 is 41.1 Å². The van der Waals surface area contributed by atoms with Crippen molar-refractivity contribution in [3.8, 4) is 0 Å². The Hall–Kier alpha value is -3.17. The molecule has 9 heteroatoms. The highest BCUT2D eigenvalue weighted by atomic mass is 16.6. The average Bonchev–Trinajstić information content (AvgIpc) is 3.65. The number of hydrogen-bond donors (Lipinski definition) is 1. The van der Waals surface area contributed by atoms with E-state index in [1.54, 1.807) is 22.0 Å². The molecule has 6 atom stereocenters. The zero-order chi connectivity index (χ0) is 32.9. The zero-order valence-corrected chi connectivity index (χ0v) is 27.9. The van der Waals surface area contributed by atoms with Crippen molar-refractivity contribution < 1.29 is 29.0 Å². The molecule has 0 radical (unpaired) electrons. The van der Waals surface area contributed by atoms with Crippen LogP contribution in [0.3, 0.4) is 0 Å². The molecule has 1 aromatic rings. The van der Waals surface area contributed by atoms with E-state index in [9.17, 15) is 19.5 Å². The molecule has 45 heavy (non-hydrogen) atoms. The van der Waals surface area contributed by atoms with Crippen LogP contribution < -0.4 is 9.80 Å². The van der Waals surface area contributed by atoms with Crippen LogP contribution in [0.25, 0.3) is 0 Å². The number of anilines is 2. The van der Waals surface area contributed by atoms with Gasteiger partial charge < -0.3 is 29.3 Å². The van der Waals surface area contributed by atoms with Crippen molar-refractivity contribution >= 4 is 29.2 Å². The van der Waals surface area contributed by atoms with E-state index in [1.807, 2.05) is 45.0 Å². The third-order valence-electron chi connectivity index (χ3n) is 10.1. The third kappa shape index (κ3) is 6.18. The monoisotopic (exact) mass is 623 g/mol. The summed E-state index contributed by atoms with van der Waals surface area (Å²) in [6, 6.07) is 6.23. The van der Waals surface area contributed by atoms with Gasteiger partial charge in [-0.15, -0.1) is 13.2 Å². The van der Waals surface area contributed by atoms with E-state index in [1.165, 1.54) is 0 Å². The highest BCUT2D eigenvalue weighted by molar-refractivity contribution is 6.05. The molecule has 0 aromatic heterocycles. The fourth-order valence-electron chi connectivity index (χ4n) is 8.03. The summed E-state index contributed by atoms with van der Waals surface area (Å²) < 4.78 is 12.7. The largest absolute Gasteiger partial charge is 0.465 e. The van der Waals surface area contributed by atoms with Crippen LogP contribution in [0.1, 0.15) is 73.1 Å². The lowest BCUT2D eigenvalue weighted by Crippen LogP contribution is -2.59. The van der Waals surface area contributed by atoms with Crippen molar-refractivity contribution in [2.45, 2.75) is 96.4 Å². The second kappa shape index (κ2) is 14.5. The smallest absolute Gasteiger partial charge is 0.312 e. The number of fused-ring (bicyclic) bond motifs is 1. The first-order chi connectivity index (χ1) is 21.6. The first kappa shape index (κ1) is 34.7. The number of rotatable bonds is 17. The van der Waals surface area contributed by atoms with Crippen molar-refractivity contribution in [3.05, 3.63) is 49.6 Å². The molecule has 1 aromatic carbocycles. The third-order valence-corrected chi connectivity index (χ3v) is 10.1. The normalized spacial score (nSPS) is 27.4. The van der Waals surface area contributed by atoms with Gasteiger partial charge in [-0.25, -0.2) is 0 Å². The van der Waals surface area contributed by atoms with E-state index in [4.69, 9.17) is 9.47 Å². The van der Waals surface area contributed by atoms with Crippen LogP contribution in [-0.4, -0.2) is 83.9 Å². The van der Waals surface area contributed by atoms with Crippen LogP contribution in [0.15, 0.2) is 49.6 Å². The highest BCUT2D eigenvalue weighted by Gasteiger charge is 2.79. The number of carbonyl (C=O) groups excluding carboxylic acids is 3. The van der Waals surface area contributed by atoms with E-state index in [0.717, 1.165) is 18.8 Å². The number of allylic oxidation sites excluding steroid dienone is 1. The number of nitrogens with zero attached hydrogens (tertiary/aromatic N) is 3. The van der Waals surface area contributed by atoms with Gasteiger partial charge in [0.1, 0.15) is 17.6 Å². The van der Waals surface area contributed by atoms with Gasteiger partial charge in [-0.2, -0.15) is 0 Å². The van der Waals surface area contributed by atoms with Gasteiger partial charge in [0.25, 0.3) is 5.91 Å². The fraction of sp³-hybridized carbons (Fsp3) is 0.639. The lowest BCUT2D eigenvalue weighted by atomic mass is 9.65. The van der Waals surface area contributed by atoms with E-state index in [0.29, 0.717) is 44.2 Å². The van der Waals surface area contributed by atoms with Crippen molar-refractivity contribution in [1.29, 1.82) is 0 Å². The summed E-state index contributed by atoms with van der Waals surface area (Å²) >= 11 is 0. The summed E-state index contributed by atoms with van der Waals surface area (Å²) in [5.41, 5.74) is -0.356. The Morgan fingerprint density at radius 2 is 1.78 bits per heavy atom. The maximum atomic E-state index is 15.0. The van der Waals surface area contributed by atoms with Crippen LogP contribution in [0, 0.1) is 17.8 Å². The summed E-state index contributed by atoms with van der Waals surface area (Å²) in [5.74, 6) is -2.60. The SMILES string of the molecule is C=CCCCOC(=O)[C@@H]1[C@H]2C(=O)N([C@@H](CO)CC(C)C)C(C(=O)N(CC=C)c3ccc(N(CC)CC)cc3)C23CC[C@@]1(CC)O3. The van der Waals surface area contributed by atoms with Crippen molar-refractivity contribution in [1.82, 2.24) is 4.90 Å². The fourth-order valence-corrected chi connectivity index (χ4v) is 8.03. The van der Waals surface area contributed by atoms with Crippen molar-refractivity contribution in [3.63, 3.8) is 0 Å². The molecular weight excluding hydrogens is 570 g/mol. The molecule has 248 valence electrons. The van der Waals surface area contributed by atoms with E-state index >= 15 is 0 Å². The predicted molar refractivity (Wildman–Crippen MR) is 177 cm³/mol. The molecule has 9 nitrogen and oxygen atoms in total. The van der Waals surface area contributed by atoms with Gasteiger partial charge in [0.05, 0.1) is 30.8 Å². The number of amides is 2. The number of unbranched alkanes of at least 4 members (excludes halogenated alkanes) is 1. The van der Waals surface area contributed by atoms with Gasteiger partial charge in [0.2, 0.25) is 5.91 Å². The van der Waals surface area contributed by atoms with Gasteiger partial charge in [-0.05, 0) is 82.6 Å². The van der Waals surface area contributed by atoms with Crippen molar-refractivity contribution in [2.75, 3.05) is 42.6 Å². The molecule has 2 bridgehead atoms. The van der Waals surface area contributed by atoms with Crippen LogP contribution in [0.2, 0.25) is 0 Å². The summed E-state index contributed by atoms with van der Waals surface area (Å²) in [7, 11) is 0. The minimum atomic E-state index is -1.21. The van der Waals surface area contributed by atoms with Gasteiger partial charge in [0, 0.05) is 31.0 Å². The Labute approximate surface area is 269 Å². The molecular formula is C36H53N3O6. The van der Waals surface area contributed by atoms with E-state index in [2.05, 4.69) is 31.9 Å². The van der Waals surface area contributed by atoms with Gasteiger partial charge in [0.15, 0.2) is 0 Å². The molecule has 3 saturated heterocycles. The molecule has 2 unspecified atom stereocenters. The number of carbonyl (C=O) groups is 3. The number of likely N-dealkylation sites (tertiary alicyclic amines) is 1. The molecule has 3 aliphatic heterocycles. The minimum Gasteiger partial charge on any atom is -0.465 e. The summed E-state index contributed by atoms with van der Waals surface area (Å²) in [6.45, 7) is 19.8. The highest BCUT2D eigenvalue weighted by Crippen LogP contribution is 2.65. The van der Waals surface area contributed by atoms with Crippen LogP contribution in [0.5, 0.6) is 0 Å². The molecule has 3 fully saturated rings. The Kier molecular flexibility index (Phi) is 11.2. The van der Waals surface area contributed by atoms with Crippen LogP contribution in [-0.2, 0) is 23.9 Å². The summed E-state index contributed by atoms with van der Waals surface area (Å²) in [6.07, 6.45) is 6.85. The standard InChI is InChI=1S/C36H53N3O6/c1-8-13-14-22-44-34(43)30-29-32(41)39(28(24-40)23-25(6)7)31(36(29)20-19-35(30,10-3)45-36)33(42)38(21-9-2)27-17-15-26(16-18-27)37(11-4)12-5/h8-9,15-18,25,28-31,40H,1-2,10-14,19-24H2,3-7H3/t28-,29+,30+,31?,35-,36?/m1/s1. The topological polar surface area (TPSA) is 99.6 Å². The minimum absolute atomic E-state index is 0.158. The number of ether oxygens (including phenoxy) is 2. The summed E-state index contributed by atoms with van der Waals surface area (Å²) in [5, 5.41) is 10.6. The molecule has 1 N–H and O–H groups in total. The molecule has 0 saturated carbocycles. The maximum absolute atomic E-state index is 15.0. The van der Waals surface area contributed by atoms with E-state index in [-0.39, 0.29) is 37.5 Å². The molecule has 0 aliphatic carbocycles. The van der Waals surface area contributed by atoms with Crippen LogP contribution in [0.4, 0.5) is 11.4 Å². The Morgan fingerprint density at radius 3 is 2.33 bits per heavy atom. The lowest BCUT2D eigenvalue weighted by molar-refractivity contribution is -0.162. The Morgan fingerprint density at radius 1 is 1.11 bits per heavy atom. The lowest BCUT2D eigenvalue weighted by Gasteiger charge is -2.40. The second-order valence-electron chi connectivity index (χ2n) is 13.1. The number of benzene rings is 1. The molecule has 1 spiro atoms. The Bertz CT molecular complexity index is 1230. The first-order valence-electron chi connectivity index (χ1n) is 16.8. The number of hydrogen-bond acceptors (Lipinski definition) is 7. The molecule has 2 amide bonds. The number of aliphatic hydroxyl groups excluding tert-OH is 1. The van der Waals surface area contributed by atoms with Gasteiger partial charge in [-0.3, -0.25) is 14.4 Å². The first-order valence-corrected chi connectivity index (χ1v) is 16.8. The van der Waals surface area contributed by atoms with Gasteiger partial charge in [-0.1, -0.05) is 32.9 Å². The number of esters is 1. The maximum Gasteiger partial charge on any atom is 0.312 e. The average molecular weight is 624 g/mol. The van der Waals surface area contributed by atoms with Crippen LogP contribution >= 0.6 is 0 Å². The molecule has 3 heterocycles. The molecule has 4 rings (SSSR count). The molecule has 3 aliphatic rings.